The summed E-state index contributed by atoms with van der Waals surface area (Å²) in [6.07, 6.45) is -2.07. The van der Waals surface area contributed by atoms with Gasteiger partial charge in [-0.05, 0) is 41.5 Å². The quantitative estimate of drug-likeness (QED) is 0.600. The number of carbonyl (C=O) groups is 2. The highest BCUT2D eigenvalue weighted by Crippen LogP contribution is 2.33. The molecule has 1 fully saturated rings. The fraction of sp³-hybridized carbons (Fsp3) is 0.423. The number of nitrogens with zero attached hydrogens (tertiary/aromatic N) is 3. The van der Waals surface area contributed by atoms with Crippen molar-refractivity contribution >= 4 is 17.5 Å². The third-order valence-corrected chi connectivity index (χ3v) is 7.00. The summed E-state index contributed by atoms with van der Waals surface area (Å²) < 4.78 is 0. The number of para-hydroxylation sites is 1. The Labute approximate surface area is 199 Å². The lowest BCUT2D eigenvalue weighted by Crippen LogP contribution is -2.52. The molecule has 2 aromatic rings. The van der Waals surface area contributed by atoms with E-state index >= 15 is 0 Å². The van der Waals surface area contributed by atoms with Gasteiger partial charge in [-0.15, -0.1) is 0 Å². The molecule has 2 atom stereocenters. The first-order valence-electron chi connectivity index (χ1n) is 11.5. The summed E-state index contributed by atoms with van der Waals surface area (Å²) in [6.45, 7) is 4.57. The van der Waals surface area contributed by atoms with Crippen molar-refractivity contribution in [3.05, 3.63) is 65.2 Å². The number of nitriles is 1. The predicted molar refractivity (Wildman–Crippen MR) is 126 cm³/mol. The van der Waals surface area contributed by atoms with Crippen LogP contribution in [0, 0.1) is 16.7 Å². The summed E-state index contributed by atoms with van der Waals surface area (Å²) in [5.41, 5.74) is 3.36. The van der Waals surface area contributed by atoms with E-state index in [2.05, 4.69) is 23.2 Å². The standard InChI is InChI=1S/C26H30N4O4/c1-26(10-12-29(13-11-26)21-9-5-4-6-18(21)14-27)17-28-24(33)22(31)23(32)25(34)30-15-19-7-2-3-8-20(19)16-30/h2-9,22-23,31-32H,10-13,15-17H2,1H3,(H,28,33)/t22-,23-/m1/s1. The maximum absolute atomic E-state index is 12.7. The first-order valence-corrected chi connectivity index (χ1v) is 11.5. The first-order chi connectivity index (χ1) is 16.3. The topological polar surface area (TPSA) is 117 Å². The highest BCUT2D eigenvalue weighted by molar-refractivity contribution is 5.91. The highest BCUT2D eigenvalue weighted by atomic mass is 16.3. The Bertz CT molecular complexity index is 1080. The smallest absolute Gasteiger partial charge is 0.255 e. The molecule has 34 heavy (non-hydrogen) atoms. The van der Waals surface area contributed by atoms with E-state index in [9.17, 15) is 25.1 Å². The number of anilines is 1. The molecule has 2 aliphatic heterocycles. The minimum atomic E-state index is -1.83. The van der Waals surface area contributed by atoms with E-state index in [1.807, 2.05) is 42.5 Å². The lowest BCUT2D eigenvalue weighted by atomic mass is 9.80. The molecule has 2 heterocycles. The zero-order valence-electron chi connectivity index (χ0n) is 19.3. The zero-order chi connectivity index (χ0) is 24.3. The minimum Gasteiger partial charge on any atom is -0.380 e. The van der Waals surface area contributed by atoms with Gasteiger partial charge in [0.25, 0.3) is 11.8 Å². The van der Waals surface area contributed by atoms with E-state index < -0.39 is 24.0 Å². The van der Waals surface area contributed by atoms with E-state index in [1.54, 1.807) is 6.07 Å². The second-order valence-electron chi connectivity index (χ2n) is 9.50. The van der Waals surface area contributed by atoms with Gasteiger partial charge in [-0.1, -0.05) is 43.3 Å². The minimum absolute atomic E-state index is 0.195. The van der Waals surface area contributed by atoms with Crippen molar-refractivity contribution in [1.29, 1.82) is 5.26 Å². The van der Waals surface area contributed by atoms with Gasteiger partial charge in [-0.25, -0.2) is 0 Å². The monoisotopic (exact) mass is 462 g/mol. The lowest BCUT2D eigenvalue weighted by molar-refractivity contribution is -0.153. The molecule has 0 saturated carbocycles. The maximum Gasteiger partial charge on any atom is 0.255 e. The number of carbonyl (C=O) groups excluding carboxylic acids is 2. The Morgan fingerprint density at radius 1 is 1.03 bits per heavy atom. The van der Waals surface area contributed by atoms with Crippen molar-refractivity contribution in [3.8, 4) is 6.07 Å². The number of fused-ring (bicyclic) bond motifs is 1. The second-order valence-corrected chi connectivity index (χ2v) is 9.50. The predicted octanol–water partition coefficient (Wildman–Crippen LogP) is 1.55. The van der Waals surface area contributed by atoms with E-state index in [0.717, 1.165) is 42.7 Å². The Morgan fingerprint density at radius 3 is 2.24 bits per heavy atom. The average Bonchev–Trinajstić information content (AvgIpc) is 3.31. The Balaban J connectivity index is 1.28. The van der Waals surface area contributed by atoms with Crippen LogP contribution >= 0.6 is 0 Å². The van der Waals surface area contributed by atoms with Crippen LogP contribution in [-0.2, 0) is 22.7 Å². The molecule has 0 aromatic heterocycles. The van der Waals surface area contributed by atoms with Crippen molar-refractivity contribution in [3.63, 3.8) is 0 Å². The van der Waals surface area contributed by atoms with Gasteiger partial charge in [0.15, 0.2) is 12.2 Å². The number of aliphatic hydroxyl groups excluding tert-OH is 2. The highest BCUT2D eigenvalue weighted by Gasteiger charge is 2.37. The number of hydrogen-bond acceptors (Lipinski definition) is 6. The summed E-state index contributed by atoms with van der Waals surface area (Å²) in [5.74, 6) is -1.41. The first kappa shape index (κ1) is 23.7. The molecule has 178 valence electrons. The zero-order valence-corrected chi connectivity index (χ0v) is 19.3. The number of benzene rings is 2. The molecular formula is C26H30N4O4. The average molecular weight is 463 g/mol. The molecule has 4 rings (SSSR count). The molecule has 1 saturated heterocycles. The maximum atomic E-state index is 12.7. The number of aliphatic hydroxyl groups is 2. The molecule has 2 aliphatic rings. The van der Waals surface area contributed by atoms with Crippen LogP contribution in [-0.4, -0.2) is 58.8 Å². The van der Waals surface area contributed by atoms with Crippen molar-refractivity contribution < 1.29 is 19.8 Å². The molecule has 0 spiro atoms. The van der Waals surface area contributed by atoms with Crippen LogP contribution < -0.4 is 10.2 Å². The van der Waals surface area contributed by atoms with Crippen molar-refractivity contribution in [2.75, 3.05) is 24.5 Å². The fourth-order valence-electron chi connectivity index (χ4n) is 4.67. The summed E-state index contributed by atoms with van der Waals surface area (Å²) in [4.78, 5) is 28.8. The van der Waals surface area contributed by atoms with Crippen molar-refractivity contribution in [1.82, 2.24) is 10.2 Å². The number of amides is 2. The van der Waals surface area contributed by atoms with E-state index in [1.165, 1.54) is 4.90 Å². The van der Waals surface area contributed by atoms with Gasteiger partial charge in [-0.3, -0.25) is 9.59 Å². The second kappa shape index (κ2) is 9.84. The molecular weight excluding hydrogens is 432 g/mol. The van der Waals surface area contributed by atoms with Gasteiger partial charge in [0.1, 0.15) is 6.07 Å². The SMILES string of the molecule is CC1(CNC(=O)[C@H](O)[C@@H](O)C(=O)N2Cc3ccccc3C2)CCN(c2ccccc2C#N)CC1. The number of nitrogens with one attached hydrogen (secondary N) is 1. The Morgan fingerprint density at radius 2 is 1.62 bits per heavy atom. The van der Waals surface area contributed by atoms with Gasteiger partial charge in [0.2, 0.25) is 0 Å². The van der Waals surface area contributed by atoms with E-state index in [-0.39, 0.29) is 5.41 Å². The molecule has 2 aromatic carbocycles. The van der Waals surface area contributed by atoms with Gasteiger partial charge in [0.05, 0.1) is 11.3 Å². The normalized spacial score (nSPS) is 18.5. The molecule has 3 N–H and O–H groups in total. The number of piperidine rings is 1. The van der Waals surface area contributed by atoms with Crippen LogP contribution in [0.1, 0.15) is 36.5 Å². The molecule has 8 nitrogen and oxygen atoms in total. The van der Waals surface area contributed by atoms with E-state index in [0.29, 0.717) is 25.2 Å². The summed E-state index contributed by atoms with van der Waals surface area (Å²) in [7, 11) is 0. The Hall–Kier alpha value is -3.41. The van der Waals surface area contributed by atoms with Crippen molar-refractivity contribution in [2.24, 2.45) is 5.41 Å². The molecule has 0 aliphatic carbocycles. The number of rotatable bonds is 6. The van der Waals surface area contributed by atoms with Crippen LogP contribution in [0.5, 0.6) is 0 Å². The summed E-state index contributed by atoms with van der Waals surface area (Å²) >= 11 is 0. The van der Waals surface area contributed by atoms with E-state index in [4.69, 9.17) is 0 Å². The third-order valence-electron chi connectivity index (χ3n) is 7.00. The molecule has 2 amide bonds. The largest absolute Gasteiger partial charge is 0.380 e. The molecule has 0 unspecified atom stereocenters. The van der Waals surface area contributed by atoms with Crippen LogP contribution in [0.2, 0.25) is 0 Å². The van der Waals surface area contributed by atoms with Crippen LogP contribution in [0.15, 0.2) is 48.5 Å². The third kappa shape index (κ3) is 4.91. The van der Waals surface area contributed by atoms with Gasteiger partial charge < -0.3 is 25.3 Å². The van der Waals surface area contributed by atoms with Crippen molar-refractivity contribution in [2.45, 2.75) is 45.1 Å². The van der Waals surface area contributed by atoms with Gasteiger partial charge in [-0.2, -0.15) is 5.26 Å². The number of hydrogen-bond donors (Lipinski definition) is 3. The molecule has 0 radical (unpaired) electrons. The van der Waals surface area contributed by atoms with Gasteiger partial charge in [0, 0.05) is 32.7 Å². The van der Waals surface area contributed by atoms with Gasteiger partial charge >= 0.3 is 0 Å². The summed E-state index contributed by atoms with van der Waals surface area (Å²) in [6, 6.07) is 17.4. The molecule has 8 heteroatoms. The molecule has 0 bridgehead atoms. The van der Waals surface area contributed by atoms with Crippen LogP contribution in [0.3, 0.4) is 0 Å². The lowest BCUT2D eigenvalue weighted by Gasteiger charge is -2.41. The van der Waals surface area contributed by atoms with Crippen LogP contribution in [0.25, 0.3) is 0 Å². The summed E-state index contributed by atoms with van der Waals surface area (Å²) in [5, 5.41) is 32.8. The van der Waals surface area contributed by atoms with Crippen LogP contribution in [0.4, 0.5) is 5.69 Å². The fourth-order valence-corrected chi connectivity index (χ4v) is 4.67. The Kier molecular flexibility index (Phi) is 6.87.